The molecule has 2 aliphatic rings. The summed E-state index contributed by atoms with van der Waals surface area (Å²) in [5.41, 5.74) is 10.3. The van der Waals surface area contributed by atoms with Crippen LogP contribution in [0.2, 0.25) is 0 Å². The number of anilines is 2. The molecule has 0 bridgehead atoms. The number of nitrogens with one attached hydrogen (secondary N) is 2. The number of allylic oxidation sites excluding steroid dienone is 2. The molecule has 7 nitrogen and oxygen atoms in total. The van der Waals surface area contributed by atoms with Gasteiger partial charge in [-0.1, -0.05) is 36.4 Å². The minimum atomic E-state index is -0.138. The number of carbonyl (C=O) groups excluding carboxylic acids is 1. The van der Waals surface area contributed by atoms with Crippen LogP contribution in [0.15, 0.2) is 94.8 Å². The van der Waals surface area contributed by atoms with Gasteiger partial charge in [-0.2, -0.15) is 0 Å². The topological polar surface area (TPSA) is 92.0 Å². The van der Waals surface area contributed by atoms with Crippen molar-refractivity contribution in [2.75, 3.05) is 30.4 Å². The zero-order chi connectivity index (χ0) is 26.0. The van der Waals surface area contributed by atoms with E-state index < -0.39 is 0 Å². The van der Waals surface area contributed by atoms with Gasteiger partial charge in [0.25, 0.3) is 5.91 Å². The Morgan fingerprint density at radius 3 is 2.68 bits per heavy atom. The van der Waals surface area contributed by atoms with Crippen LogP contribution in [0.4, 0.5) is 17.1 Å². The summed E-state index contributed by atoms with van der Waals surface area (Å²) in [6.07, 6.45) is 11.0. The highest BCUT2D eigenvalue weighted by Crippen LogP contribution is 2.25. The molecule has 4 rings (SSSR count). The molecular formula is C30H37N5O2. The van der Waals surface area contributed by atoms with E-state index in [-0.39, 0.29) is 11.9 Å². The number of nitrogens with two attached hydrogens (primary N) is 1. The Kier molecular flexibility index (Phi) is 9.16. The van der Waals surface area contributed by atoms with Crippen LogP contribution in [0.3, 0.4) is 0 Å². The fraction of sp³-hybridized carbons (Fsp3) is 0.333. The molecule has 37 heavy (non-hydrogen) atoms. The van der Waals surface area contributed by atoms with Gasteiger partial charge in [-0.3, -0.25) is 9.79 Å². The molecular weight excluding hydrogens is 462 g/mol. The molecule has 1 fully saturated rings. The second-order valence-electron chi connectivity index (χ2n) is 9.40. The fourth-order valence-corrected chi connectivity index (χ4v) is 4.75. The first-order valence-corrected chi connectivity index (χ1v) is 12.9. The minimum absolute atomic E-state index is 0.104. The van der Waals surface area contributed by atoms with Crippen molar-refractivity contribution in [3.63, 3.8) is 0 Å². The summed E-state index contributed by atoms with van der Waals surface area (Å²) < 4.78 is 5.41. The number of para-hydroxylation sites is 1. The molecule has 0 radical (unpaired) electrons. The van der Waals surface area contributed by atoms with Crippen LogP contribution in [-0.4, -0.2) is 44.4 Å². The lowest BCUT2D eigenvalue weighted by Gasteiger charge is -2.35. The molecule has 2 aromatic rings. The standard InChI is InChI=1S/C30H37N5O2/c1-22(23(20-31)21-32-24-9-4-3-5-10-24)33-25-15-17-35(18-16-25)27-12-8-11-26(19-27)34-30(36)28-13-6-7-14-29(28)37-2/h3-6,8-13,19-22,25,33H,7,14-18,31H2,1-2H3,(H,34,36). The van der Waals surface area contributed by atoms with Crippen LogP contribution in [-0.2, 0) is 9.53 Å². The highest BCUT2D eigenvalue weighted by molar-refractivity contribution is 6.06. The Bertz CT molecular complexity index is 1180. The van der Waals surface area contributed by atoms with Gasteiger partial charge < -0.3 is 26.0 Å². The fourth-order valence-electron chi connectivity index (χ4n) is 4.75. The first kappa shape index (κ1) is 26.2. The third kappa shape index (κ3) is 7.11. The lowest BCUT2D eigenvalue weighted by molar-refractivity contribution is -0.112. The van der Waals surface area contributed by atoms with E-state index >= 15 is 0 Å². The van der Waals surface area contributed by atoms with Crippen LogP contribution in [0.1, 0.15) is 32.6 Å². The van der Waals surface area contributed by atoms with Crippen molar-refractivity contribution in [2.45, 2.75) is 44.7 Å². The van der Waals surface area contributed by atoms with E-state index in [9.17, 15) is 4.79 Å². The molecule has 1 saturated heterocycles. The SMILES string of the molecule is COC1=C(C(=O)Nc2cccc(N3CCC(NC(C)C(C=Nc4ccccc4)=CN)CC3)c2)C=CCC1. The van der Waals surface area contributed by atoms with E-state index in [1.807, 2.05) is 66.9 Å². The van der Waals surface area contributed by atoms with Crippen LogP contribution in [0.25, 0.3) is 0 Å². The summed E-state index contributed by atoms with van der Waals surface area (Å²) in [4.78, 5) is 19.7. The van der Waals surface area contributed by atoms with Crippen LogP contribution in [0.5, 0.6) is 0 Å². The number of nitrogens with zero attached hydrogens (tertiary/aromatic N) is 2. The first-order valence-electron chi connectivity index (χ1n) is 12.9. The molecule has 1 heterocycles. The maximum absolute atomic E-state index is 12.8. The van der Waals surface area contributed by atoms with Gasteiger partial charge in [0.05, 0.1) is 18.4 Å². The first-order chi connectivity index (χ1) is 18.1. The molecule has 0 spiro atoms. The maximum atomic E-state index is 12.8. The van der Waals surface area contributed by atoms with Gasteiger partial charge in [-0.25, -0.2) is 0 Å². The zero-order valence-corrected chi connectivity index (χ0v) is 21.7. The van der Waals surface area contributed by atoms with Gasteiger partial charge in [0.15, 0.2) is 0 Å². The lowest BCUT2D eigenvalue weighted by atomic mass is 10.0. The number of piperidine rings is 1. The second kappa shape index (κ2) is 12.9. The summed E-state index contributed by atoms with van der Waals surface area (Å²) in [6, 6.07) is 18.4. The average molecular weight is 500 g/mol. The van der Waals surface area contributed by atoms with Gasteiger partial charge in [0.1, 0.15) is 5.76 Å². The number of hydrogen-bond acceptors (Lipinski definition) is 6. The van der Waals surface area contributed by atoms with Gasteiger partial charge in [0.2, 0.25) is 0 Å². The number of ether oxygens (including phenoxy) is 1. The van der Waals surface area contributed by atoms with Gasteiger partial charge in [-0.15, -0.1) is 0 Å². The summed E-state index contributed by atoms with van der Waals surface area (Å²) in [5.74, 6) is 0.598. The van der Waals surface area contributed by atoms with E-state index in [0.717, 1.165) is 67.2 Å². The molecule has 0 saturated carbocycles. The summed E-state index contributed by atoms with van der Waals surface area (Å²) in [6.45, 7) is 3.99. The van der Waals surface area contributed by atoms with Crippen molar-refractivity contribution >= 4 is 29.2 Å². The summed E-state index contributed by atoms with van der Waals surface area (Å²) >= 11 is 0. The normalized spacial score (nSPS) is 17.8. The van der Waals surface area contributed by atoms with Crippen molar-refractivity contribution in [1.29, 1.82) is 0 Å². The van der Waals surface area contributed by atoms with E-state index in [1.54, 1.807) is 13.3 Å². The van der Waals surface area contributed by atoms with Crippen molar-refractivity contribution in [2.24, 2.45) is 10.7 Å². The second-order valence-corrected chi connectivity index (χ2v) is 9.40. The number of methoxy groups -OCH3 is 1. The number of aliphatic imine (C=N–C) groups is 1. The highest BCUT2D eigenvalue weighted by atomic mass is 16.5. The molecule has 1 aliphatic heterocycles. The largest absolute Gasteiger partial charge is 0.500 e. The van der Waals surface area contributed by atoms with E-state index in [4.69, 9.17) is 10.5 Å². The predicted molar refractivity (Wildman–Crippen MR) is 152 cm³/mol. The van der Waals surface area contributed by atoms with E-state index in [0.29, 0.717) is 11.6 Å². The zero-order valence-electron chi connectivity index (χ0n) is 21.7. The third-order valence-corrected chi connectivity index (χ3v) is 6.88. The number of carbonyl (C=O) groups is 1. The van der Waals surface area contributed by atoms with Crippen molar-refractivity contribution < 1.29 is 9.53 Å². The van der Waals surface area contributed by atoms with Gasteiger partial charge in [-0.05, 0) is 56.5 Å². The molecule has 1 atom stereocenters. The molecule has 194 valence electrons. The molecule has 7 heteroatoms. The van der Waals surface area contributed by atoms with Crippen molar-refractivity contribution in [1.82, 2.24) is 5.32 Å². The number of rotatable bonds is 9. The monoisotopic (exact) mass is 499 g/mol. The molecule has 0 aromatic heterocycles. The van der Waals surface area contributed by atoms with Crippen LogP contribution >= 0.6 is 0 Å². The van der Waals surface area contributed by atoms with Crippen molar-refractivity contribution in [3.8, 4) is 0 Å². The molecule has 1 aliphatic carbocycles. The predicted octanol–water partition coefficient (Wildman–Crippen LogP) is 5.07. The molecule has 2 aromatic carbocycles. The van der Waals surface area contributed by atoms with Crippen LogP contribution < -0.4 is 21.3 Å². The Hall–Kier alpha value is -3.84. The lowest BCUT2D eigenvalue weighted by Crippen LogP contribution is -2.46. The smallest absolute Gasteiger partial charge is 0.259 e. The van der Waals surface area contributed by atoms with Gasteiger partial charge in [0, 0.05) is 61.0 Å². The Morgan fingerprint density at radius 2 is 1.95 bits per heavy atom. The summed E-state index contributed by atoms with van der Waals surface area (Å²) in [5, 5.41) is 6.75. The number of amides is 1. The Balaban J connectivity index is 1.30. The molecule has 4 N–H and O–H groups in total. The number of benzene rings is 2. The Morgan fingerprint density at radius 1 is 1.16 bits per heavy atom. The molecule has 1 amide bonds. The van der Waals surface area contributed by atoms with E-state index in [2.05, 4.69) is 33.5 Å². The highest BCUT2D eigenvalue weighted by Gasteiger charge is 2.22. The Labute approximate surface area is 219 Å². The number of hydrogen-bond donors (Lipinski definition) is 3. The van der Waals surface area contributed by atoms with Crippen molar-refractivity contribution in [3.05, 3.63) is 89.9 Å². The average Bonchev–Trinajstić information content (AvgIpc) is 2.94. The van der Waals surface area contributed by atoms with E-state index in [1.165, 1.54) is 0 Å². The third-order valence-electron chi connectivity index (χ3n) is 6.88. The maximum Gasteiger partial charge on any atom is 0.259 e. The van der Waals surface area contributed by atoms with Crippen LogP contribution in [0, 0.1) is 0 Å². The quantitative estimate of drug-likeness (QED) is 0.419. The summed E-state index contributed by atoms with van der Waals surface area (Å²) in [7, 11) is 1.62. The van der Waals surface area contributed by atoms with Gasteiger partial charge >= 0.3 is 0 Å². The molecule has 1 unspecified atom stereocenters. The minimum Gasteiger partial charge on any atom is -0.500 e.